The number of halogens is 1. The largest absolute Gasteiger partial charge is 0.381 e. The van der Waals surface area contributed by atoms with Crippen LogP contribution in [0.2, 0.25) is 5.02 Å². The standard InChI is InChI=1S/C25H25ClN4O2/c1-30-22(31)25(29-23(30)28)21-12-16(18-9-15(14-27)10-19(26)11-18)3-4-17(21)13-24(25)7-5-20(32-2)6-8-24/h3-4,9-12,20H,5-8,13H2,1-2H3,(H2,28,29). The molecule has 1 aliphatic heterocycles. The minimum atomic E-state index is -1.02. The van der Waals surface area contributed by atoms with E-state index >= 15 is 0 Å². The lowest BCUT2D eigenvalue weighted by atomic mass is 9.61. The fourth-order valence-electron chi connectivity index (χ4n) is 5.93. The molecule has 2 aliphatic carbocycles. The molecule has 1 fully saturated rings. The molecule has 164 valence electrons. The third kappa shape index (κ3) is 2.81. The number of carbonyl (C=O) groups excluding carboxylic acids is 1. The zero-order chi connectivity index (χ0) is 22.7. The van der Waals surface area contributed by atoms with Crippen molar-refractivity contribution in [3.05, 3.63) is 58.1 Å². The number of guanidine groups is 1. The van der Waals surface area contributed by atoms with E-state index in [1.165, 1.54) is 4.90 Å². The van der Waals surface area contributed by atoms with Gasteiger partial charge in [-0.25, -0.2) is 4.99 Å². The van der Waals surface area contributed by atoms with Gasteiger partial charge in [0.15, 0.2) is 11.5 Å². The average Bonchev–Trinajstić information content (AvgIpc) is 3.20. The van der Waals surface area contributed by atoms with Crippen LogP contribution in [0.4, 0.5) is 0 Å². The lowest BCUT2D eigenvalue weighted by molar-refractivity contribution is -0.137. The van der Waals surface area contributed by atoms with Crippen molar-refractivity contribution in [1.82, 2.24) is 4.90 Å². The number of nitrogens with zero attached hydrogens (tertiary/aromatic N) is 3. The van der Waals surface area contributed by atoms with Gasteiger partial charge in [-0.2, -0.15) is 5.26 Å². The number of amides is 1. The van der Waals surface area contributed by atoms with Crippen LogP contribution < -0.4 is 5.73 Å². The summed E-state index contributed by atoms with van der Waals surface area (Å²) in [5.74, 6) is 0.196. The number of hydrogen-bond acceptors (Lipinski definition) is 5. The predicted octanol–water partition coefficient (Wildman–Crippen LogP) is 3.99. The third-order valence-corrected chi connectivity index (χ3v) is 7.84. The Morgan fingerprint density at radius 3 is 2.59 bits per heavy atom. The molecular weight excluding hydrogens is 424 g/mol. The monoisotopic (exact) mass is 448 g/mol. The van der Waals surface area contributed by atoms with Gasteiger partial charge in [0, 0.05) is 24.6 Å². The second-order valence-corrected chi connectivity index (χ2v) is 9.59. The Bertz CT molecular complexity index is 1190. The van der Waals surface area contributed by atoms with E-state index in [1.807, 2.05) is 24.3 Å². The van der Waals surface area contributed by atoms with E-state index in [4.69, 9.17) is 27.1 Å². The van der Waals surface area contributed by atoms with Crippen LogP contribution in [-0.4, -0.2) is 37.0 Å². The van der Waals surface area contributed by atoms with Gasteiger partial charge in [-0.15, -0.1) is 0 Å². The van der Waals surface area contributed by atoms with Crippen LogP contribution in [0, 0.1) is 16.7 Å². The van der Waals surface area contributed by atoms with Crippen molar-refractivity contribution in [3.8, 4) is 17.2 Å². The van der Waals surface area contributed by atoms with Crippen LogP contribution in [0.25, 0.3) is 11.1 Å². The van der Waals surface area contributed by atoms with E-state index < -0.39 is 5.54 Å². The molecule has 1 saturated carbocycles. The number of ether oxygens (including phenoxy) is 1. The summed E-state index contributed by atoms with van der Waals surface area (Å²) >= 11 is 6.26. The fraction of sp³-hybridized carbons (Fsp3) is 0.400. The molecule has 1 atom stereocenters. The number of benzene rings is 2. The highest BCUT2D eigenvalue weighted by Gasteiger charge is 2.66. The molecule has 0 saturated heterocycles. The zero-order valence-electron chi connectivity index (χ0n) is 18.2. The van der Waals surface area contributed by atoms with Crippen molar-refractivity contribution in [2.45, 2.75) is 43.7 Å². The molecule has 2 N–H and O–H groups in total. The van der Waals surface area contributed by atoms with Crippen molar-refractivity contribution in [2.75, 3.05) is 14.2 Å². The lowest BCUT2D eigenvalue weighted by Crippen LogP contribution is -2.51. The van der Waals surface area contributed by atoms with Crippen molar-refractivity contribution in [2.24, 2.45) is 16.1 Å². The van der Waals surface area contributed by atoms with Crippen LogP contribution in [0.15, 0.2) is 41.4 Å². The Kier molecular flexibility index (Phi) is 4.81. The molecular formula is C25H25ClN4O2. The molecule has 6 nitrogen and oxygen atoms in total. The highest BCUT2D eigenvalue weighted by atomic mass is 35.5. The molecule has 1 unspecified atom stereocenters. The third-order valence-electron chi connectivity index (χ3n) is 7.62. The fourth-order valence-corrected chi connectivity index (χ4v) is 6.16. The summed E-state index contributed by atoms with van der Waals surface area (Å²) in [5, 5.41) is 9.86. The summed E-state index contributed by atoms with van der Waals surface area (Å²) in [6.45, 7) is 0. The number of methoxy groups -OCH3 is 1. The minimum Gasteiger partial charge on any atom is -0.381 e. The number of likely N-dealkylation sites (N-methyl/N-ethyl adjacent to an activating group) is 1. The lowest BCUT2D eigenvalue weighted by Gasteiger charge is -2.45. The molecule has 0 radical (unpaired) electrons. The Morgan fingerprint density at radius 2 is 1.97 bits per heavy atom. The van der Waals surface area contributed by atoms with Gasteiger partial charge in [0.2, 0.25) is 0 Å². The summed E-state index contributed by atoms with van der Waals surface area (Å²) < 4.78 is 5.61. The number of aliphatic imine (C=N–C) groups is 1. The van der Waals surface area contributed by atoms with Crippen molar-refractivity contribution in [1.29, 1.82) is 5.26 Å². The quantitative estimate of drug-likeness (QED) is 0.751. The highest BCUT2D eigenvalue weighted by Crippen LogP contribution is 2.62. The Labute approximate surface area is 192 Å². The molecule has 0 bridgehead atoms. The first-order chi connectivity index (χ1) is 15.3. The summed E-state index contributed by atoms with van der Waals surface area (Å²) in [6.07, 6.45) is 4.48. The summed E-state index contributed by atoms with van der Waals surface area (Å²) in [4.78, 5) is 20.1. The van der Waals surface area contributed by atoms with Gasteiger partial charge < -0.3 is 10.5 Å². The minimum absolute atomic E-state index is 0.0643. The smallest absolute Gasteiger partial charge is 0.262 e. The van der Waals surface area contributed by atoms with Crippen molar-refractivity contribution in [3.63, 3.8) is 0 Å². The zero-order valence-corrected chi connectivity index (χ0v) is 18.9. The number of hydrogen-bond donors (Lipinski definition) is 1. The molecule has 2 aromatic carbocycles. The normalized spacial score (nSPS) is 28.8. The topological polar surface area (TPSA) is 91.7 Å². The maximum atomic E-state index is 13.8. The molecule has 1 heterocycles. The predicted molar refractivity (Wildman–Crippen MR) is 123 cm³/mol. The van der Waals surface area contributed by atoms with Gasteiger partial charge in [0.1, 0.15) is 0 Å². The van der Waals surface area contributed by atoms with E-state index in [1.54, 1.807) is 20.2 Å². The number of rotatable bonds is 2. The van der Waals surface area contributed by atoms with Crippen molar-refractivity contribution < 1.29 is 9.53 Å². The Hall–Kier alpha value is -2.88. The first kappa shape index (κ1) is 21.0. The van der Waals surface area contributed by atoms with Crippen LogP contribution in [0.5, 0.6) is 0 Å². The number of fused-ring (bicyclic) bond motifs is 3. The number of carbonyl (C=O) groups is 1. The van der Waals surface area contributed by atoms with E-state index in [2.05, 4.69) is 12.1 Å². The van der Waals surface area contributed by atoms with E-state index in [9.17, 15) is 10.1 Å². The van der Waals surface area contributed by atoms with Crippen LogP contribution >= 0.6 is 11.6 Å². The second-order valence-electron chi connectivity index (χ2n) is 9.15. The maximum Gasteiger partial charge on any atom is 0.262 e. The van der Waals surface area contributed by atoms with E-state index in [0.29, 0.717) is 10.6 Å². The maximum absolute atomic E-state index is 13.8. The van der Waals surface area contributed by atoms with Gasteiger partial charge in [-0.05, 0) is 78.6 Å². The molecule has 2 spiro atoms. The Morgan fingerprint density at radius 1 is 1.22 bits per heavy atom. The number of nitrogens with two attached hydrogens (primary N) is 1. The van der Waals surface area contributed by atoms with Crippen molar-refractivity contribution >= 4 is 23.5 Å². The first-order valence-corrected chi connectivity index (χ1v) is 11.2. The SMILES string of the molecule is COC1CCC2(CC1)Cc1ccc(-c3cc(Cl)cc(C#N)c3)cc1C21N=C(N)N(C)C1=O. The number of nitriles is 1. The molecule has 3 aliphatic rings. The Balaban J connectivity index is 1.68. The highest BCUT2D eigenvalue weighted by molar-refractivity contribution is 6.31. The summed E-state index contributed by atoms with van der Waals surface area (Å²) in [6, 6.07) is 13.6. The van der Waals surface area contributed by atoms with Gasteiger partial charge in [-0.1, -0.05) is 23.7 Å². The van der Waals surface area contributed by atoms with E-state index in [-0.39, 0.29) is 23.4 Å². The molecule has 5 rings (SSSR count). The van der Waals surface area contributed by atoms with Crippen LogP contribution in [-0.2, 0) is 21.5 Å². The van der Waals surface area contributed by atoms with Gasteiger partial charge >= 0.3 is 0 Å². The summed E-state index contributed by atoms with van der Waals surface area (Å²) in [7, 11) is 3.45. The van der Waals surface area contributed by atoms with Crippen LogP contribution in [0.1, 0.15) is 42.4 Å². The summed E-state index contributed by atoms with van der Waals surface area (Å²) in [5.41, 5.74) is 9.16. The average molecular weight is 449 g/mol. The van der Waals surface area contributed by atoms with Gasteiger partial charge in [0.05, 0.1) is 17.7 Å². The first-order valence-electron chi connectivity index (χ1n) is 10.8. The van der Waals surface area contributed by atoms with Crippen LogP contribution in [0.3, 0.4) is 0 Å². The second kappa shape index (κ2) is 7.33. The van der Waals surface area contributed by atoms with Gasteiger partial charge in [0.25, 0.3) is 5.91 Å². The molecule has 0 aromatic heterocycles. The van der Waals surface area contributed by atoms with E-state index in [0.717, 1.165) is 54.4 Å². The molecule has 2 aromatic rings. The molecule has 32 heavy (non-hydrogen) atoms. The van der Waals surface area contributed by atoms with Gasteiger partial charge in [-0.3, -0.25) is 9.69 Å². The molecule has 7 heteroatoms. The molecule has 1 amide bonds.